The molecule has 0 unspecified atom stereocenters. The van der Waals surface area contributed by atoms with Crippen molar-refractivity contribution in [3.63, 3.8) is 0 Å². The summed E-state index contributed by atoms with van der Waals surface area (Å²) in [5, 5.41) is 0. The van der Waals surface area contributed by atoms with Gasteiger partial charge < -0.3 is 9.47 Å². The van der Waals surface area contributed by atoms with Crippen LogP contribution in [0.3, 0.4) is 0 Å². The molecule has 2 rings (SSSR count). The minimum absolute atomic E-state index is 0.619. The minimum Gasteiger partial charge on any atom is -0.494 e. The van der Waals surface area contributed by atoms with E-state index in [2.05, 4.69) is 24.0 Å². The van der Waals surface area contributed by atoms with E-state index >= 15 is 0 Å². The van der Waals surface area contributed by atoms with Crippen LogP contribution in [0.4, 0.5) is 0 Å². The zero-order chi connectivity index (χ0) is 14.2. The van der Waals surface area contributed by atoms with Crippen LogP contribution in [0.25, 0.3) is 0 Å². The Labute approximate surface area is 120 Å². The highest BCUT2D eigenvalue weighted by molar-refractivity contribution is 5.32. The van der Waals surface area contributed by atoms with Crippen LogP contribution >= 0.6 is 0 Å². The van der Waals surface area contributed by atoms with Gasteiger partial charge in [0.15, 0.2) is 0 Å². The number of aryl methyl sites for hydroxylation is 1. The summed E-state index contributed by atoms with van der Waals surface area (Å²) < 4.78 is 11.2. The SMILES string of the molecule is CCOc1cccc(OCCc2ccc(CC)cn2)c1. The predicted molar refractivity (Wildman–Crippen MR) is 80.4 cm³/mol. The van der Waals surface area contributed by atoms with Crippen LogP contribution in [-0.2, 0) is 12.8 Å². The predicted octanol–water partition coefficient (Wildman–Crippen LogP) is 3.66. The molecule has 0 atom stereocenters. The first-order chi connectivity index (χ1) is 9.81. The van der Waals surface area contributed by atoms with Crippen LogP contribution in [-0.4, -0.2) is 18.2 Å². The number of pyridine rings is 1. The van der Waals surface area contributed by atoms with E-state index in [1.807, 2.05) is 37.4 Å². The van der Waals surface area contributed by atoms with Gasteiger partial charge in [-0.25, -0.2) is 0 Å². The molecular weight excluding hydrogens is 250 g/mol. The van der Waals surface area contributed by atoms with Crippen molar-refractivity contribution in [2.75, 3.05) is 13.2 Å². The number of benzene rings is 1. The molecule has 106 valence electrons. The summed E-state index contributed by atoms with van der Waals surface area (Å²) in [4.78, 5) is 4.42. The molecule has 0 aliphatic rings. The molecule has 0 aliphatic carbocycles. The normalized spacial score (nSPS) is 10.3. The molecule has 2 aromatic rings. The zero-order valence-electron chi connectivity index (χ0n) is 12.1. The van der Waals surface area contributed by atoms with Crippen molar-refractivity contribution in [3.05, 3.63) is 53.9 Å². The molecule has 0 radical (unpaired) electrons. The maximum Gasteiger partial charge on any atom is 0.123 e. The molecule has 3 nitrogen and oxygen atoms in total. The van der Waals surface area contributed by atoms with Gasteiger partial charge >= 0.3 is 0 Å². The highest BCUT2D eigenvalue weighted by Gasteiger charge is 1.99. The molecule has 0 saturated carbocycles. The molecule has 3 heteroatoms. The van der Waals surface area contributed by atoms with E-state index in [4.69, 9.17) is 9.47 Å². The number of hydrogen-bond acceptors (Lipinski definition) is 3. The molecule has 0 saturated heterocycles. The van der Waals surface area contributed by atoms with Crippen LogP contribution in [0.15, 0.2) is 42.6 Å². The highest BCUT2D eigenvalue weighted by atomic mass is 16.5. The number of rotatable bonds is 7. The van der Waals surface area contributed by atoms with Crippen molar-refractivity contribution in [1.29, 1.82) is 0 Å². The Bertz CT molecular complexity index is 523. The fraction of sp³-hybridized carbons (Fsp3) is 0.353. The molecule has 1 aromatic heterocycles. The second kappa shape index (κ2) is 7.53. The van der Waals surface area contributed by atoms with E-state index in [0.717, 1.165) is 30.0 Å². The number of ether oxygens (including phenoxy) is 2. The van der Waals surface area contributed by atoms with Gasteiger partial charge in [0.25, 0.3) is 0 Å². The largest absolute Gasteiger partial charge is 0.494 e. The quantitative estimate of drug-likeness (QED) is 0.770. The topological polar surface area (TPSA) is 31.4 Å². The van der Waals surface area contributed by atoms with Gasteiger partial charge in [-0.2, -0.15) is 0 Å². The Balaban J connectivity index is 1.84. The standard InChI is InChI=1S/C17H21NO2/c1-3-14-8-9-15(18-13-14)10-11-20-17-7-5-6-16(12-17)19-4-2/h5-9,12-13H,3-4,10-11H2,1-2H3. The zero-order valence-corrected chi connectivity index (χ0v) is 12.1. The smallest absolute Gasteiger partial charge is 0.123 e. The van der Waals surface area contributed by atoms with Gasteiger partial charge in [0.2, 0.25) is 0 Å². The lowest BCUT2D eigenvalue weighted by molar-refractivity contribution is 0.311. The summed E-state index contributed by atoms with van der Waals surface area (Å²) in [5.41, 5.74) is 2.32. The average Bonchev–Trinajstić information content (AvgIpc) is 2.49. The Kier molecular flexibility index (Phi) is 5.42. The van der Waals surface area contributed by atoms with Crippen molar-refractivity contribution in [1.82, 2.24) is 4.98 Å². The van der Waals surface area contributed by atoms with Crippen molar-refractivity contribution in [2.45, 2.75) is 26.7 Å². The molecule has 20 heavy (non-hydrogen) atoms. The second-order valence-electron chi connectivity index (χ2n) is 4.52. The van der Waals surface area contributed by atoms with E-state index in [0.29, 0.717) is 13.2 Å². The Hall–Kier alpha value is -2.03. The van der Waals surface area contributed by atoms with Crippen molar-refractivity contribution >= 4 is 0 Å². The van der Waals surface area contributed by atoms with Crippen molar-refractivity contribution in [2.24, 2.45) is 0 Å². The van der Waals surface area contributed by atoms with Gasteiger partial charge in [0.05, 0.1) is 13.2 Å². The first-order valence-corrected chi connectivity index (χ1v) is 7.11. The van der Waals surface area contributed by atoms with E-state index < -0.39 is 0 Å². The molecule has 0 amide bonds. The fourth-order valence-corrected chi connectivity index (χ4v) is 1.91. The second-order valence-corrected chi connectivity index (χ2v) is 4.52. The van der Waals surface area contributed by atoms with E-state index in [1.54, 1.807) is 0 Å². The Morgan fingerprint density at radius 2 is 1.80 bits per heavy atom. The first kappa shape index (κ1) is 14.4. The summed E-state index contributed by atoms with van der Waals surface area (Å²) in [6.45, 7) is 5.38. The number of hydrogen-bond donors (Lipinski definition) is 0. The first-order valence-electron chi connectivity index (χ1n) is 7.11. The van der Waals surface area contributed by atoms with Crippen LogP contribution in [0, 0.1) is 0 Å². The molecule has 0 bridgehead atoms. The van der Waals surface area contributed by atoms with Gasteiger partial charge in [-0.05, 0) is 37.1 Å². The fourth-order valence-electron chi connectivity index (χ4n) is 1.91. The van der Waals surface area contributed by atoms with E-state index in [9.17, 15) is 0 Å². The maximum absolute atomic E-state index is 5.73. The Morgan fingerprint density at radius 3 is 2.45 bits per heavy atom. The average molecular weight is 271 g/mol. The van der Waals surface area contributed by atoms with Crippen LogP contribution < -0.4 is 9.47 Å². The summed E-state index contributed by atoms with van der Waals surface area (Å²) in [5.74, 6) is 1.68. The summed E-state index contributed by atoms with van der Waals surface area (Å²) in [6, 6.07) is 11.9. The summed E-state index contributed by atoms with van der Waals surface area (Å²) >= 11 is 0. The lowest BCUT2D eigenvalue weighted by atomic mass is 10.2. The van der Waals surface area contributed by atoms with Crippen LogP contribution in [0.1, 0.15) is 25.1 Å². The van der Waals surface area contributed by atoms with E-state index in [-0.39, 0.29) is 0 Å². The highest BCUT2D eigenvalue weighted by Crippen LogP contribution is 2.19. The van der Waals surface area contributed by atoms with Crippen molar-refractivity contribution in [3.8, 4) is 11.5 Å². The third-order valence-corrected chi connectivity index (χ3v) is 3.04. The lowest BCUT2D eigenvalue weighted by Gasteiger charge is -2.08. The molecule has 1 aromatic carbocycles. The Morgan fingerprint density at radius 1 is 1.00 bits per heavy atom. The van der Waals surface area contributed by atoms with Crippen molar-refractivity contribution < 1.29 is 9.47 Å². The summed E-state index contributed by atoms with van der Waals surface area (Å²) in [6.07, 6.45) is 3.77. The number of nitrogens with zero attached hydrogens (tertiary/aromatic N) is 1. The van der Waals surface area contributed by atoms with Gasteiger partial charge in [-0.1, -0.05) is 19.1 Å². The third-order valence-electron chi connectivity index (χ3n) is 3.04. The summed E-state index contributed by atoms with van der Waals surface area (Å²) in [7, 11) is 0. The number of aromatic nitrogens is 1. The molecule has 0 aliphatic heterocycles. The molecule has 0 fully saturated rings. The lowest BCUT2D eigenvalue weighted by Crippen LogP contribution is -2.03. The van der Waals surface area contributed by atoms with Crippen LogP contribution in [0.5, 0.6) is 11.5 Å². The minimum atomic E-state index is 0.619. The van der Waals surface area contributed by atoms with Crippen LogP contribution in [0.2, 0.25) is 0 Å². The van der Waals surface area contributed by atoms with E-state index in [1.165, 1.54) is 5.56 Å². The molecule has 0 N–H and O–H groups in total. The molecule has 0 spiro atoms. The van der Waals surface area contributed by atoms with Gasteiger partial charge in [-0.3, -0.25) is 4.98 Å². The van der Waals surface area contributed by atoms with Gasteiger partial charge in [0, 0.05) is 24.4 Å². The monoisotopic (exact) mass is 271 g/mol. The third kappa shape index (κ3) is 4.26. The molecular formula is C17H21NO2. The maximum atomic E-state index is 5.73. The van der Waals surface area contributed by atoms with Gasteiger partial charge in [0.1, 0.15) is 11.5 Å². The van der Waals surface area contributed by atoms with Gasteiger partial charge in [-0.15, -0.1) is 0 Å². The molecule has 1 heterocycles.